The van der Waals surface area contributed by atoms with Crippen molar-refractivity contribution in [2.24, 2.45) is 16.7 Å². The number of hydrogen-bond acceptors (Lipinski definition) is 6. The lowest BCUT2D eigenvalue weighted by atomic mass is 9.60. The van der Waals surface area contributed by atoms with Gasteiger partial charge in [-0.25, -0.2) is 9.59 Å². The van der Waals surface area contributed by atoms with Crippen LogP contribution >= 0.6 is 0 Å². The van der Waals surface area contributed by atoms with Gasteiger partial charge in [0.25, 0.3) is 0 Å². The topological polar surface area (TPSA) is 94.2 Å². The minimum absolute atomic E-state index is 0.0782. The Morgan fingerprint density at radius 3 is 2.41 bits per heavy atom. The fourth-order valence-electron chi connectivity index (χ4n) is 5.20. The van der Waals surface area contributed by atoms with Crippen molar-refractivity contribution in [3.63, 3.8) is 0 Å². The minimum Gasteiger partial charge on any atom is -0.469 e. The molecule has 0 bridgehead atoms. The molecular weight excluding hydrogens is 436 g/mol. The quantitative estimate of drug-likeness (QED) is 0.297. The number of rotatable bonds is 10. The molecule has 34 heavy (non-hydrogen) atoms. The number of hydrogen-bond donors (Lipinski definition) is 1. The van der Waals surface area contributed by atoms with Crippen LogP contribution in [0.5, 0.6) is 0 Å². The average Bonchev–Trinajstić information content (AvgIpc) is 2.76. The fraction of sp³-hybridized carbons (Fsp3) is 0.654. The van der Waals surface area contributed by atoms with Gasteiger partial charge in [-0.05, 0) is 41.6 Å². The molecule has 8 nitrogen and oxygen atoms in total. The SMILES string of the molecule is COC(=O)CC1CC(C)(C)CC(C)(CNC(=O)OCCCOC(=O)N(C)Cc2ccccc2)C1. The Bertz CT molecular complexity index is 813. The summed E-state index contributed by atoms with van der Waals surface area (Å²) in [7, 11) is 3.10. The number of benzene rings is 1. The van der Waals surface area contributed by atoms with Crippen molar-refractivity contribution in [1.82, 2.24) is 10.2 Å². The molecule has 1 N–H and O–H groups in total. The van der Waals surface area contributed by atoms with Gasteiger partial charge in [0, 0.05) is 33.0 Å². The second-order valence-electron chi connectivity index (χ2n) is 10.5. The molecule has 0 spiro atoms. The highest BCUT2D eigenvalue weighted by Gasteiger charge is 2.42. The summed E-state index contributed by atoms with van der Waals surface area (Å²) in [6, 6.07) is 9.67. The number of carbonyl (C=O) groups excluding carboxylic acids is 3. The van der Waals surface area contributed by atoms with Crippen LogP contribution in [0.25, 0.3) is 0 Å². The summed E-state index contributed by atoms with van der Waals surface area (Å²) < 4.78 is 15.3. The summed E-state index contributed by atoms with van der Waals surface area (Å²) in [6.07, 6.45) is 2.68. The van der Waals surface area contributed by atoms with Gasteiger partial charge in [-0.15, -0.1) is 0 Å². The van der Waals surface area contributed by atoms with Gasteiger partial charge in [-0.2, -0.15) is 0 Å². The molecule has 1 fully saturated rings. The molecule has 1 aromatic rings. The number of nitrogens with one attached hydrogen (secondary N) is 1. The molecule has 0 aromatic heterocycles. The molecule has 1 saturated carbocycles. The van der Waals surface area contributed by atoms with Crippen molar-refractivity contribution in [3.05, 3.63) is 35.9 Å². The first-order valence-electron chi connectivity index (χ1n) is 11.9. The summed E-state index contributed by atoms with van der Waals surface area (Å²) >= 11 is 0. The average molecular weight is 477 g/mol. The molecule has 2 amide bonds. The summed E-state index contributed by atoms with van der Waals surface area (Å²) in [4.78, 5) is 37.5. The Morgan fingerprint density at radius 1 is 1.06 bits per heavy atom. The van der Waals surface area contributed by atoms with E-state index in [1.54, 1.807) is 7.05 Å². The van der Waals surface area contributed by atoms with Crippen molar-refractivity contribution < 1.29 is 28.6 Å². The molecule has 2 unspecified atom stereocenters. The van der Waals surface area contributed by atoms with Crippen molar-refractivity contribution >= 4 is 18.2 Å². The Kier molecular flexibility index (Phi) is 10.2. The Labute approximate surface area is 203 Å². The second kappa shape index (κ2) is 12.6. The van der Waals surface area contributed by atoms with Gasteiger partial charge in [0.15, 0.2) is 0 Å². The number of ether oxygens (including phenoxy) is 3. The van der Waals surface area contributed by atoms with E-state index in [9.17, 15) is 14.4 Å². The lowest BCUT2D eigenvalue weighted by Crippen LogP contribution is -2.44. The highest BCUT2D eigenvalue weighted by molar-refractivity contribution is 5.69. The maximum Gasteiger partial charge on any atom is 0.409 e. The van der Waals surface area contributed by atoms with E-state index in [-0.39, 0.29) is 35.9 Å². The molecule has 0 radical (unpaired) electrons. The van der Waals surface area contributed by atoms with Crippen LogP contribution in [0.2, 0.25) is 0 Å². The summed E-state index contributed by atoms with van der Waals surface area (Å²) in [5.74, 6) is 0.0399. The number of nitrogens with zero attached hydrogens (tertiary/aromatic N) is 1. The summed E-state index contributed by atoms with van der Waals surface area (Å²) in [5, 5.41) is 2.87. The van der Waals surface area contributed by atoms with Crippen molar-refractivity contribution in [2.45, 2.75) is 59.4 Å². The Balaban J connectivity index is 1.65. The molecule has 0 aliphatic heterocycles. The second-order valence-corrected chi connectivity index (χ2v) is 10.5. The predicted molar refractivity (Wildman–Crippen MR) is 129 cm³/mol. The molecule has 0 saturated heterocycles. The standard InChI is InChI=1S/C26H40N2O6/c1-25(2)15-21(14-22(29)32-5)16-26(3,18-25)19-27-23(30)33-12-9-13-34-24(31)28(4)17-20-10-7-6-8-11-20/h6-8,10-11,21H,9,12-19H2,1-5H3,(H,27,30). The van der Waals surface area contributed by atoms with Gasteiger partial charge in [0.1, 0.15) is 0 Å². The van der Waals surface area contributed by atoms with Crippen molar-refractivity contribution in [1.29, 1.82) is 0 Å². The summed E-state index contributed by atoms with van der Waals surface area (Å²) in [5.41, 5.74) is 0.973. The zero-order valence-electron chi connectivity index (χ0n) is 21.2. The molecule has 190 valence electrons. The molecule has 8 heteroatoms. The van der Waals surface area contributed by atoms with Gasteiger partial charge < -0.3 is 24.4 Å². The maximum absolute atomic E-state index is 12.2. The zero-order valence-corrected chi connectivity index (χ0v) is 21.2. The predicted octanol–water partition coefficient (Wildman–Crippen LogP) is 4.77. The maximum atomic E-state index is 12.2. The van der Waals surface area contributed by atoms with E-state index in [1.807, 2.05) is 30.3 Å². The Hall–Kier alpha value is -2.77. The molecule has 1 aromatic carbocycles. The van der Waals surface area contributed by atoms with Crippen LogP contribution in [-0.4, -0.2) is 57.0 Å². The van der Waals surface area contributed by atoms with Crippen molar-refractivity contribution in [3.8, 4) is 0 Å². The first-order valence-corrected chi connectivity index (χ1v) is 11.9. The highest BCUT2D eigenvalue weighted by Crippen LogP contribution is 2.49. The largest absolute Gasteiger partial charge is 0.469 e. The van der Waals surface area contributed by atoms with Gasteiger partial charge in [-0.1, -0.05) is 51.1 Å². The smallest absolute Gasteiger partial charge is 0.409 e. The zero-order chi connectivity index (χ0) is 25.2. The third-order valence-electron chi connectivity index (χ3n) is 6.19. The van der Waals surface area contributed by atoms with Gasteiger partial charge in [-0.3, -0.25) is 4.79 Å². The van der Waals surface area contributed by atoms with E-state index < -0.39 is 12.2 Å². The van der Waals surface area contributed by atoms with Crippen LogP contribution in [0, 0.1) is 16.7 Å². The normalized spacial score (nSPS) is 21.3. The van der Waals surface area contributed by atoms with E-state index in [4.69, 9.17) is 14.2 Å². The van der Waals surface area contributed by atoms with E-state index >= 15 is 0 Å². The van der Waals surface area contributed by atoms with Crippen LogP contribution in [0.15, 0.2) is 30.3 Å². The van der Waals surface area contributed by atoms with E-state index in [0.29, 0.717) is 25.9 Å². The third kappa shape index (κ3) is 9.61. The number of esters is 1. The van der Waals surface area contributed by atoms with Crippen LogP contribution in [0.4, 0.5) is 9.59 Å². The van der Waals surface area contributed by atoms with Crippen LogP contribution in [-0.2, 0) is 25.5 Å². The van der Waals surface area contributed by atoms with E-state index in [2.05, 4.69) is 26.1 Å². The van der Waals surface area contributed by atoms with Gasteiger partial charge in [0.2, 0.25) is 0 Å². The van der Waals surface area contributed by atoms with Gasteiger partial charge in [0.05, 0.1) is 20.3 Å². The number of amides is 2. The molecule has 1 aliphatic rings. The van der Waals surface area contributed by atoms with Gasteiger partial charge >= 0.3 is 18.2 Å². The van der Waals surface area contributed by atoms with Crippen LogP contribution in [0.1, 0.15) is 58.4 Å². The third-order valence-corrected chi connectivity index (χ3v) is 6.19. The monoisotopic (exact) mass is 476 g/mol. The van der Waals surface area contributed by atoms with E-state index in [0.717, 1.165) is 24.8 Å². The lowest BCUT2D eigenvalue weighted by molar-refractivity contribution is -0.142. The molecule has 1 aliphatic carbocycles. The number of alkyl carbamates (subject to hydrolysis) is 1. The lowest BCUT2D eigenvalue weighted by Gasteiger charge is -2.46. The van der Waals surface area contributed by atoms with E-state index in [1.165, 1.54) is 12.0 Å². The van der Waals surface area contributed by atoms with Crippen molar-refractivity contribution in [2.75, 3.05) is 33.9 Å². The molecule has 2 rings (SSSR count). The Morgan fingerprint density at radius 2 is 1.74 bits per heavy atom. The highest BCUT2D eigenvalue weighted by atomic mass is 16.6. The fourth-order valence-corrected chi connectivity index (χ4v) is 5.20. The van der Waals surface area contributed by atoms with Crippen LogP contribution in [0.3, 0.4) is 0 Å². The first-order chi connectivity index (χ1) is 16.0. The summed E-state index contributed by atoms with van der Waals surface area (Å²) in [6.45, 7) is 7.82. The molecule has 2 atom stereocenters. The number of carbonyl (C=O) groups is 3. The minimum atomic E-state index is -0.485. The molecule has 0 heterocycles. The molecular formula is C26H40N2O6. The first kappa shape index (κ1) is 27.5. The number of methoxy groups -OCH3 is 1. The van der Waals surface area contributed by atoms with Crippen LogP contribution < -0.4 is 5.32 Å².